The van der Waals surface area contributed by atoms with Crippen molar-refractivity contribution in [1.29, 1.82) is 0 Å². The summed E-state index contributed by atoms with van der Waals surface area (Å²) in [5.41, 5.74) is 1.21. The number of likely N-dealkylation sites (tertiary alicyclic amines) is 1. The molecule has 22 nitrogen and oxygen atoms in total. The first kappa shape index (κ1) is 53.0. The second kappa shape index (κ2) is 20.7. The van der Waals surface area contributed by atoms with Crippen LogP contribution in [0, 0.1) is 5.92 Å². The van der Waals surface area contributed by atoms with Crippen molar-refractivity contribution < 1.29 is 79.0 Å². The monoisotopic (exact) mass is 1040 g/mol. The Kier molecular flexibility index (Phi) is 14.6. The molecule has 2 aliphatic carbocycles. The lowest BCUT2D eigenvalue weighted by atomic mass is 9.72. The first-order chi connectivity index (χ1) is 35.7. The van der Waals surface area contributed by atoms with Crippen LogP contribution in [0.3, 0.4) is 0 Å². The number of ether oxygens (including phenoxy) is 3. The molecule has 22 heteroatoms. The number of methoxy groups -OCH3 is 1. The number of hydrazine groups is 3. The number of anilines is 1. The van der Waals surface area contributed by atoms with E-state index >= 15 is 0 Å². The summed E-state index contributed by atoms with van der Waals surface area (Å²) in [6, 6.07) is 13.7. The highest BCUT2D eigenvalue weighted by Crippen LogP contribution is 2.53. The third-order valence-electron chi connectivity index (χ3n) is 15.2. The number of ketones is 3. The van der Waals surface area contributed by atoms with Crippen molar-refractivity contribution in [2.45, 2.75) is 115 Å². The number of hydrogen-bond acceptors (Lipinski definition) is 19. The lowest BCUT2D eigenvalue weighted by Gasteiger charge is -2.43. The topological polar surface area (TPSA) is 312 Å². The van der Waals surface area contributed by atoms with Crippen molar-refractivity contribution in [2.24, 2.45) is 5.92 Å². The fourth-order valence-electron chi connectivity index (χ4n) is 11.2. The van der Waals surface area contributed by atoms with Gasteiger partial charge in [0.05, 0.1) is 47.7 Å². The number of phenols is 4. The average Bonchev–Trinajstić information content (AvgIpc) is 3.79. The number of rotatable bonds is 13. The number of hydrogen-bond donors (Lipinski definition) is 10. The minimum absolute atomic E-state index is 0.0526. The van der Waals surface area contributed by atoms with Gasteiger partial charge in [0.1, 0.15) is 53.2 Å². The molecule has 9 rings (SSSR count). The van der Waals surface area contributed by atoms with E-state index in [1.807, 2.05) is 32.9 Å². The summed E-state index contributed by atoms with van der Waals surface area (Å²) in [5, 5.41) is 95.5. The molecule has 75 heavy (non-hydrogen) atoms. The molecule has 3 aliphatic heterocycles. The minimum atomic E-state index is -2.37. The highest BCUT2D eigenvalue weighted by molar-refractivity contribution is 6.31. The Morgan fingerprint density at radius 2 is 1.64 bits per heavy atom. The molecule has 5 aliphatic rings. The van der Waals surface area contributed by atoms with E-state index in [2.05, 4.69) is 15.8 Å². The van der Waals surface area contributed by atoms with Crippen molar-refractivity contribution in [3.8, 4) is 28.7 Å². The van der Waals surface area contributed by atoms with E-state index in [-0.39, 0.29) is 57.7 Å². The fraction of sp³-hybridized carbons (Fsp3) is 0.453. The van der Waals surface area contributed by atoms with Crippen molar-refractivity contribution in [3.63, 3.8) is 0 Å². The second-order valence-corrected chi connectivity index (χ2v) is 20.2. The third-order valence-corrected chi connectivity index (χ3v) is 15.2. The van der Waals surface area contributed by atoms with Crippen LogP contribution in [-0.4, -0.2) is 149 Å². The summed E-state index contributed by atoms with van der Waals surface area (Å²) in [6.45, 7) is 8.11. The Bertz CT molecular complexity index is 2930. The molecule has 0 aromatic heterocycles. The fourth-order valence-corrected chi connectivity index (χ4v) is 11.2. The van der Waals surface area contributed by atoms with Gasteiger partial charge < -0.3 is 60.4 Å². The van der Waals surface area contributed by atoms with Crippen LogP contribution in [0.4, 0.5) is 10.5 Å². The number of piperidine rings is 1. The number of aliphatic hydroxyl groups is 3. The predicted octanol–water partition coefficient (Wildman–Crippen LogP) is 3.76. The third kappa shape index (κ3) is 9.49. The van der Waals surface area contributed by atoms with E-state index in [0.717, 1.165) is 10.7 Å². The zero-order chi connectivity index (χ0) is 53.9. The zero-order valence-corrected chi connectivity index (χ0v) is 42.0. The Morgan fingerprint density at radius 1 is 0.947 bits per heavy atom. The van der Waals surface area contributed by atoms with Gasteiger partial charge in [-0.25, -0.2) is 9.80 Å². The lowest BCUT2D eigenvalue weighted by Crippen LogP contribution is -2.57. The SMILES string of the molecule is CCN1NN(C(=O)O)N(c2ccc(CN3CCC(C(=O)N[C@H]4C[C@H](O[C@H]5C[C@](O)(C(=O)CO)Cc6c(O)c7c(c(O)c65)C(=O)c5c(OC)cccc5C7=O)O[C@@H](C)[C@H]4O)CC3)cc2)C1c1cc(C(C)C)c(O)cc1O. The van der Waals surface area contributed by atoms with E-state index < -0.39 is 114 Å². The van der Waals surface area contributed by atoms with Crippen LogP contribution < -0.4 is 20.6 Å². The Labute approximate surface area is 431 Å². The van der Waals surface area contributed by atoms with E-state index in [0.29, 0.717) is 55.8 Å². The summed E-state index contributed by atoms with van der Waals surface area (Å²) < 4.78 is 17.8. The molecule has 4 aromatic carbocycles. The maximum Gasteiger partial charge on any atom is 0.442 e. The summed E-state index contributed by atoms with van der Waals surface area (Å²) in [7, 11) is 1.31. The number of carboxylic acid groups (broad SMARTS) is 1. The quantitative estimate of drug-likeness (QED) is 0.0751. The van der Waals surface area contributed by atoms with Crippen LogP contribution in [0.5, 0.6) is 28.7 Å². The molecule has 4 aromatic rings. The normalized spacial score (nSPS) is 25.2. The van der Waals surface area contributed by atoms with Gasteiger partial charge in [0.25, 0.3) is 0 Å². The van der Waals surface area contributed by atoms with Crippen LogP contribution in [0.1, 0.15) is 131 Å². The van der Waals surface area contributed by atoms with Crippen LogP contribution in [0.25, 0.3) is 0 Å². The average molecular weight is 1040 g/mol. The van der Waals surface area contributed by atoms with Crippen LogP contribution >= 0.6 is 0 Å². The molecule has 0 bridgehead atoms. The van der Waals surface area contributed by atoms with Crippen molar-refractivity contribution in [2.75, 3.05) is 38.4 Å². The van der Waals surface area contributed by atoms with E-state index in [4.69, 9.17) is 14.2 Å². The number of benzene rings is 4. The van der Waals surface area contributed by atoms with Crippen molar-refractivity contribution in [3.05, 3.63) is 105 Å². The van der Waals surface area contributed by atoms with Crippen LogP contribution in [-0.2, 0) is 32.0 Å². The molecule has 7 atom stereocenters. The van der Waals surface area contributed by atoms with E-state index in [1.54, 1.807) is 30.1 Å². The minimum Gasteiger partial charge on any atom is -0.508 e. The molecule has 0 spiro atoms. The largest absolute Gasteiger partial charge is 0.508 e. The molecule has 3 fully saturated rings. The second-order valence-electron chi connectivity index (χ2n) is 20.2. The summed E-state index contributed by atoms with van der Waals surface area (Å²) in [4.78, 5) is 69.8. The first-order valence-corrected chi connectivity index (χ1v) is 24.9. The van der Waals surface area contributed by atoms with Crippen LogP contribution in [0.15, 0.2) is 54.6 Å². The van der Waals surface area contributed by atoms with Gasteiger partial charge in [-0.15, -0.1) is 10.7 Å². The smallest absolute Gasteiger partial charge is 0.442 e. The van der Waals surface area contributed by atoms with Crippen molar-refractivity contribution >= 4 is 35.0 Å². The molecule has 1 unspecified atom stereocenters. The molecule has 0 saturated carbocycles. The van der Waals surface area contributed by atoms with Gasteiger partial charge in [-0.05, 0) is 74.2 Å². The summed E-state index contributed by atoms with van der Waals surface area (Å²) >= 11 is 0. The highest BCUT2D eigenvalue weighted by atomic mass is 16.7. The number of amides is 2. The number of aliphatic hydroxyl groups excluding tert-OH is 2. The van der Waals surface area contributed by atoms with Gasteiger partial charge in [-0.2, -0.15) is 5.01 Å². The highest BCUT2D eigenvalue weighted by Gasteiger charge is 2.51. The molecular formula is C53H62N6O16. The van der Waals surface area contributed by atoms with Gasteiger partial charge in [0.15, 0.2) is 17.9 Å². The number of phenolic OH excluding ortho intramolecular Hbond substituents is 4. The number of carbonyl (C=O) groups is 5. The maximum atomic E-state index is 14.1. The number of nitrogens with one attached hydrogen (secondary N) is 2. The zero-order valence-electron chi connectivity index (χ0n) is 42.0. The first-order valence-electron chi connectivity index (χ1n) is 24.9. The van der Waals surface area contributed by atoms with Gasteiger partial charge in [-0.3, -0.25) is 24.1 Å². The van der Waals surface area contributed by atoms with Crippen molar-refractivity contribution in [1.82, 2.24) is 25.9 Å². The van der Waals surface area contributed by atoms with Crippen LogP contribution in [0.2, 0.25) is 0 Å². The summed E-state index contributed by atoms with van der Waals surface area (Å²) in [5.74, 6) is -5.20. The number of nitrogens with zero attached hydrogens (tertiary/aromatic N) is 4. The predicted molar refractivity (Wildman–Crippen MR) is 265 cm³/mol. The number of Topliss-reactive ketones (excluding diaryl/α,β-unsaturated/α-hetero) is 1. The van der Waals surface area contributed by atoms with E-state index in [1.165, 1.54) is 36.4 Å². The molecule has 3 saturated heterocycles. The maximum absolute atomic E-state index is 14.1. The number of fused-ring (bicyclic) bond motifs is 3. The van der Waals surface area contributed by atoms with E-state index in [9.17, 15) is 64.8 Å². The Hall–Kier alpha value is -6.89. The summed E-state index contributed by atoms with van der Waals surface area (Å²) in [6.07, 6.45) is -7.37. The Balaban J connectivity index is 0.871. The standard InChI is InChI=1S/C53H62N6O16/c1-6-57-51(32-18-31(25(2)3)35(61)20-36(32)62)58(59(55-57)52(70)71)29-12-10-27(11-13-29)23-56-16-14-28(15-17-56)50(69)54-34-19-40(74-26(4)45(34)64)75-38-22-53(72,39(63)24-60)21-33-42(38)49(68)44-43(47(33)66)46(65)30-8-7-9-37(73-5)41(30)48(44)67/h7-13,18,20,25-26,28,34,38,40,45,51,55,60-62,64,66,68,72H,6,14-17,19,21-24H2,1-5H3,(H,54,69)(H,70,71)/t26-,34-,38-,40-,45+,51?,53-/m0/s1. The molecule has 2 amide bonds. The number of carbonyl (C=O) groups excluding carboxylic acids is 4. The molecule has 10 N–H and O–H groups in total. The molecule has 400 valence electrons. The van der Waals surface area contributed by atoms with Gasteiger partial charge in [0, 0.05) is 66.6 Å². The van der Waals surface area contributed by atoms with Gasteiger partial charge >= 0.3 is 6.09 Å². The van der Waals surface area contributed by atoms with Gasteiger partial charge in [0.2, 0.25) is 11.7 Å². The molecule has 3 heterocycles. The van der Waals surface area contributed by atoms with Gasteiger partial charge in [-0.1, -0.05) is 45.0 Å². The Morgan fingerprint density at radius 3 is 2.28 bits per heavy atom. The molecule has 0 radical (unpaired) electrons. The number of aromatic hydroxyl groups is 4. The molecular weight excluding hydrogens is 977 g/mol. The lowest BCUT2D eigenvalue weighted by molar-refractivity contribution is -0.249.